The van der Waals surface area contributed by atoms with Crippen LogP contribution in [-0.4, -0.2) is 41.4 Å². The van der Waals surface area contributed by atoms with E-state index in [0.29, 0.717) is 5.92 Å². The molecule has 1 amide bonds. The molecule has 1 rings (SSSR count). The molecule has 1 fully saturated rings. The van der Waals surface area contributed by atoms with Crippen molar-refractivity contribution in [2.45, 2.75) is 64.5 Å². The molecule has 18 heavy (non-hydrogen) atoms. The maximum Gasteiger partial charge on any atom is 0.410 e. The number of ether oxygens (including phenoxy) is 1. The fraction of sp³-hybridized carbons (Fsp3) is 0.929. The van der Waals surface area contributed by atoms with E-state index >= 15 is 0 Å². The van der Waals surface area contributed by atoms with Gasteiger partial charge in [0.05, 0.1) is 0 Å². The molecule has 0 radical (unpaired) electrons. The zero-order chi connectivity index (χ0) is 13.8. The first-order valence-corrected chi connectivity index (χ1v) is 6.90. The van der Waals surface area contributed by atoms with Gasteiger partial charge in [-0.05, 0) is 58.8 Å². The molecule has 0 aromatic carbocycles. The van der Waals surface area contributed by atoms with Gasteiger partial charge in [0.15, 0.2) is 0 Å². The number of nitrogens with zero attached hydrogens (tertiary/aromatic N) is 1. The summed E-state index contributed by atoms with van der Waals surface area (Å²) in [5, 5.41) is 8.92. The quantitative estimate of drug-likeness (QED) is 0.845. The summed E-state index contributed by atoms with van der Waals surface area (Å²) in [5.74, 6) is 0.623. The van der Waals surface area contributed by atoms with Crippen molar-refractivity contribution in [1.29, 1.82) is 0 Å². The standard InChI is InChI=1S/C14H27NO3/c1-14(2,3)18-13(17)15(4)12-7-5-11(6-8-12)9-10-16/h11-12,16H,5-10H2,1-4H3. The third-order valence-corrected chi connectivity index (χ3v) is 3.58. The Balaban J connectivity index is 2.40. The fourth-order valence-corrected chi connectivity index (χ4v) is 2.49. The minimum Gasteiger partial charge on any atom is -0.444 e. The van der Waals surface area contributed by atoms with Crippen LogP contribution >= 0.6 is 0 Å². The van der Waals surface area contributed by atoms with Crippen LogP contribution in [0.4, 0.5) is 4.79 Å². The van der Waals surface area contributed by atoms with Crippen LogP contribution in [0.2, 0.25) is 0 Å². The van der Waals surface area contributed by atoms with Crippen LogP contribution in [0.5, 0.6) is 0 Å². The molecule has 0 saturated heterocycles. The third-order valence-electron chi connectivity index (χ3n) is 3.58. The summed E-state index contributed by atoms with van der Waals surface area (Å²) in [5.41, 5.74) is -0.431. The van der Waals surface area contributed by atoms with Crippen LogP contribution in [0, 0.1) is 5.92 Å². The number of aliphatic hydroxyl groups excluding tert-OH is 1. The highest BCUT2D eigenvalue weighted by atomic mass is 16.6. The summed E-state index contributed by atoms with van der Waals surface area (Å²) in [4.78, 5) is 13.7. The highest BCUT2D eigenvalue weighted by molar-refractivity contribution is 5.68. The van der Waals surface area contributed by atoms with Gasteiger partial charge in [-0.25, -0.2) is 4.79 Å². The van der Waals surface area contributed by atoms with Gasteiger partial charge in [-0.1, -0.05) is 0 Å². The van der Waals surface area contributed by atoms with E-state index in [9.17, 15) is 4.79 Å². The van der Waals surface area contributed by atoms with E-state index in [1.165, 1.54) is 0 Å². The first-order valence-electron chi connectivity index (χ1n) is 6.90. The largest absolute Gasteiger partial charge is 0.444 e. The molecule has 0 atom stereocenters. The van der Waals surface area contributed by atoms with Gasteiger partial charge in [0, 0.05) is 19.7 Å². The number of carbonyl (C=O) groups excluding carboxylic acids is 1. The van der Waals surface area contributed by atoms with E-state index < -0.39 is 5.60 Å². The Bertz CT molecular complexity index is 265. The molecule has 0 bridgehead atoms. The molecule has 0 aliphatic heterocycles. The van der Waals surface area contributed by atoms with E-state index in [-0.39, 0.29) is 18.7 Å². The Morgan fingerprint density at radius 3 is 2.28 bits per heavy atom. The van der Waals surface area contributed by atoms with Crippen molar-refractivity contribution in [2.75, 3.05) is 13.7 Å². The highest BCUT2D eigenvalue weighted by Crippen LogP contribution is 2.29. The lowest BCUT2D eigenvalue weighted by Gasteiger charge is -2.35. The molecule has 0 unspecified atom stereocenters. The summed E-state index contributed by atoms with van der Waals surface area (Å²) in [7, 11) is 1.82. The molecule has 106 valence electrons. The van der Waals surface area contributed by atoms with Gasteiger partial charge in [0.25, 0.3) is 0 Å². The second-order valence-electron chi connectivity index (χ2n) is 6.28. The van der Waals surface area contributed by atoms with Crippen molar-refractivity contribution in [3.63, 3.8) is 0 Å². The lowest BCUT2D eigenvalue weighted by molar-refractivity contribution is 0.0167. The van der Waals surface area contributed by atoms with Crippen LogP contribution in [0.1, 0.15) is 52.9 Å². The van der Waals surface area contributed by atoms with E-state index in [2.05, 4.69) is 0 Å². The van der Waals surface area contributed by atoms with Crippen LogP contribution in [0.15, 0.2) is 0 Å². The SMILES string of the molecule is CN(C(=O)OC(C)(C)C)C1CCC(CCO)CC1. The van der Waals surface area contributed by atoms with Gasteiger partial charge >= 0.3 is 6.09 Å². The normalized spacial score (nSPS) is 24.7. The summed E-state index contributed by atoms with van der Waals surface area (Å²) in [6.07, 6.45) is 4.88. The van der Waals surface area contributed by atoms with Gasteiger partial charge < -0.3 is 14.7 Å². The Morgan fingerprint density at radius 2 is 1.83 bits per heavy atom. The average molecular weight is 257 g/mol. The lowest BCUT2D eigenvalue weighted by Crippen LogP contribution is -2.42. The van der Waals surface area contributed by atoms with Crippen molar-refractivity contribution in [2.24, 2.45) is 5.92 Å². The molecular weight excluding hydrogens is 230 g/mol. The fourth-order valence-electron chi connectivity index (χ4n) is 2.49. The molecule has 0 spiro atoms. The van der Waals surface area contributed by atoms with E-state index in [0.717, 1.165) is 32.1 Å². The van der Waals surface area contributed by atoms with E-state index in [4.69, 9.17) is 9.84 Å². The number of amides is 1. The predicted octanol–water partition coefficient (Wildman–Crippen LogP) is 2.79. The summed E-state index contributed by atoms with van der Waals surface area (Å²) >= 11 is 0. The molecule has 0 heterocycles. The van der Waals surface area contributed by atoms with Gasteiger partial charge in [0.2, 0.25) is 0 Å². The minimum absolute atomic E-state index is 0.229. The molecule has 0 aromatic heterocycles. The summed E-state index contributed by atoms with van der Waals surface area (Å²) in [6.45, 7) is 5.93. The maximum absolute atomic E-state index is 11.9. The first kappa shape index (κ1) is 15.3. The van der Waals surface area contributed by atoms with Crippen molar-refractivity contribution in [3.8, 4) is 0 Å². The number of aliphatic hydroxyl groups is 1. The Labute approximate surface area is 110 Å². The van der Waals surface area contributed by atoms with E-state index in [1.54, 1.807) is 4.90 Å². The van der Waals surface area contributed by atoms with Gasteiger partial charge in [-0.2, -0.15) is 0 Å². The number of rotatable bonds is 3. The second kappa shape index (κ2) is 6.41. The summed E-state index contributed by atoms with van der Waals surface area (Å²) < 4.78 is 5.37. The topological polar surface area (TPSA) is 49.8 Å². The van der Waals surface area contributed by atoms with Gasteiger partial charge in [0.1, 0.15) is 5.60 Å². The van der Waals surface area contributed by atoms with Crippen molar-refractivity contribution >= 4 is 6.09 Å². The Kier molecular flexibility index (Phi) is 5.45. The van der Waals surface area contributed by atoms with Gasteiger partial charge in [-0.15, -0.1) is 0 Å². The first-order chi connectivity index (χ1) is 8.33. The molecule has 1 saturated carbocycles. The molecule has 4 nitrogen and oxygen atoms in total. The van der Waals surface area contributed by atoms with Crippen molar-refractivity contribution in [3.05, 3.63) is 0 Å². The maximum atomic E-state index is 11.9. The highest BCUT2D eigenvalue weighted by Gasteiger charge is 2.28. The summed E-state index contributed by atoms with van der Waals surface area (Å²) in [6, 6.07) is 0.287. The molecule has 4 heteroatoms. The average Bonchev–Trinajstić information content (AvgIpc) is 2.27. The molecule has 1 N–H and O–H groups in total. The Hall–Kier alpha value is -0.770. The molecule has 1 aliphatic carbocycles. The number of hydrogen-bond acceptors (Lipinski definition) is 3. The number of carbonyl (C=O) groups is 1. The van der Waals surface area contributed by atoms with Crippen LogP contribution < -0.4 is 0 Å². The smallest absolute Gasteiger partial charge is 0.410 e. The van der Waals surface area contributed by atoms with Crippen molar-refractivity contribution < 1.29 is 14.6 Å². The molecule has 0 aromatic rings. The lowest BCUT2D eigenvalue weighted by atomic mass is 9.84. The third kappa shape index (κ3) is 4.84. The minimum atomic E-state index is -0.431. The molecular formula is C14H27NO3. The predicted molar refractivity (Wildman–Crippen MR) is 71.4 cm³/mol. The second-order valence-corrected chi connectivity index (χ2v) is 6.28. The van der Waals surface area contributed by atoms with Crippen LogP contribution in [0.25, 0.3) is 0 Å². The van der Waals surface area contributed by atoms with Crippen molar-refractivity contribution in [1.82, 2.24) is 4.90 Å². The van der Waals surface area contributed by atoms with E-state index in [1.807, 2.05) is 27.8 Å². The van der Waals surface area contributed by atoms with Crippen LogP contribution in [0.3, 0.4) is 0 Å². The zero-order valence-electron chi connectivity index (χ0n) is 12.1. The van der Waals surface area contributed by atoms with Crippen LogP contribution in [-0.2, 0) is 4.74 Å². The Morgan fingerprint density at radius 1 is 1.28 bits per heavy atom. The number of hydrogen-bond donors (Lipinski definition) is 1. The molecule has 1 aliphatic rings. The van der Waals surface area contributed by atoms with Gasteiger partial charge in [-0.3, -0.25) is 0 Å². The zero-order valence-corrected chi connectivity index (χ0v) is 12.1. The monoisotopic (exact) mass is 257 g/mol.